The SMILES string of the molecule is CN(C)C.[Ca+2].[K+].[Na+]. The molecule has 0 saturated heterocycles. The van der Waals surface area contributed by atoms with Crippen molar-refractivity contribution in [3.63, 3.8) is 0 Å². The molecule has 0 amide bonds. The second-order valence-electron chi connectivity index (χ2n) is 1.34. The van der Waals surface area contributed by atoms with Gasteiger partial charge in [0.25, 0.3) is 0 Å². The summed E-state index contributed by atoms with van der Waals surface area (Å²) in [7, 11) is 6.00. The molecule has 0 N–H and O–H groups in total. The molecule has 0 rings (SSSR count). The van der Waals surface area contributed by atoms with Crippen LogP contribution in [0.1, 0.15) is 0 Å². The summed E-state index contributed by atoms with van der Waals surface area (Å²) in [6, 6.07) is 0. The van der Waals surface area contributed by atoms with Crippen molar-refractivity contribution < 1.29 is 80.9 Å². The average molecular weight is 161 g/mol. The molecule has 0 aromatic carbocycles. The van der Waals surface area contributed by atoms with Gasteiger partial charge in [0.2, 0.25) is 0 Å². The molecule has 0 heterocycles. The number of nitrogens with zero attached hydrogens (tertiary/aromatic N) is 1. The molecule has 0 atom stereocenters. The number of rotatable bonds is 0. The second kappa shape index (κ2) is 16.4. The van der Waals surface area contributed by atoms with E-state index in [1.807, 2.05) is 26.0 Å². The van der Waals surface area contributed by atoms with Crippen LogP contribution >= 0.6 is 0 Å². The molecule has 0 radical (unpaired) electrons. The first-order valence-corrected chi connectivity index (χ1v) is 1.34. The normalized spacial score (nSPS) is 5.14. The summed E-state index contributed by atoms with van der Waals surface area (Å²) in [4.78, 5) is 2.00. The van der Waals surface area contributed by atoms with E-state index in [2.05, 4.69) is 0 Å². The van der Waals surface area contributed by atoms with Gasteiger partial charge in [0.1, 0.15) is 0 Å². The maximum Gasteiger partial charge on any atom is 2.00 e. The molecule has 0 aliphatic carbocycles. The van der Waals surface area contributed by atoms with Crippen molar-refractivity contribution >= 4 is 37.7 Å². The smallest absolute Gasteiger partial charge is 0.312 e. The Kier molecular flexibility index (Phi) is 52.7. The van der Waals surface area contributed by atoms with Crippen LogP contribution in [0.15, 0.2) is 0 Å². The Hall–Kier alpha value is 3.86. The van der Waals surface area contributed by atoms with Crippen LogP contribution in [0, 0.1) is 0 Å². The van der Waals surface area contributed by atoms with Crippen LogP contribution in [0.5, 0.6) is 0 Å². The molecular weight excluding hydrogens is 152 g/mol. The van der Waals surface area contributed by atoms with E-state index < -0.39 is 0 Å². The van der Waals surface area contributed by atoms with Crippen LogP contribution in [0.2, 0.25) is 0 Å². The number of hydrogen-bond acceptors (Lipinski definition) is 1. The van der Waals surface area contributed by atoms with Crippen molar-refractivity contribution in [2.45, 2.75) is 0 Å². The van der Waals surface area contributed by atoms with Gasteiger partial charge in [0, 0.05) is 0 Å². The minimum absolute atomic E-state index is 0. The van der Waals surface area contributed by atoms with Crippen LogP contribution in [0.4, 0.5) is 0 Å². The molecule has 0 bridgehead atoms. The van der Waals surface area contributed by atoms with Crippen molar-refractivity contribution in [3.05, 3.63) is 0 Å². The van der Waals surface area contributed by atoms with E-state index >= 15 is 0 Å². The van der Waals surface area contributed by atoms with Gasteiger partial charge in [-0.1, -0.05) is 0 Å². The molecule has 1 nitrogen and oxygen atoms in total. The molecule has 0 fully saturated rings. The average Bonchev–Trinajstić information content (AvgIpc) is 0.811. The Morgan fingerprint density at radius 3 is 1.00 bits per heavy atom. The zero-order valence-electron chi connectivity index (χ0n) is 6.15. The molecule has 0 unspecified atom stereocenters. The topological polar surface area (TPSA) is 3.24 Å². The Balaban J connectivity index is -0.0000000150. The summed E-state index contributed by atoms with van der Waals surface area (Å²) < 4.78 is 0. The second-order valence-corrected chi connectivity index (χ2v) is 1.34. The van der Waals surface area contributed by atoms with Crippen molar-refractivity contribution in [2.75, 3.05) is 21.1 Å². The third kappa shape index (κ3) is 40.9. The van der Waals surface area contributed by atoms with E-state index in [0.29, 0.717) is 0 Å². The van der Waals surface area contributed by atoms with E-state index in [9.17, 15) is 0 Å². The van der Waals surface area contributed by atoms with E-state index in [1.165, 1.54) is 0 Å². The molecule has 7 heavy (non-hydrogen) atoms. The minimum Gasteiger partial charge on any atom is -0.312 e. The number of hydrogen-bond donors (Lipinski definition) is 0. The molecule has 26 valence electrons. The summed E-state index contributed by atoms with van der Waals surface area (Å²) in [5.41, 5.74) is 0. The van der Waals surface area contributed by atoms with Crippen molar-refractivity contribution in [1.29, 1.82) is 0 Å². The van der Waals surface area contributed by atoms with Gasteiger partial charge in [-0.3, -0.25) is 0 Å². The zero-order chi connectivity index (χ0) is 3.58. The Morgan fingerprint density at radius 1 is 1.00 bits per heavy atom. The Morgan fingerprint density at radius 2 is 1.00 bits per heavy atom. The Labute approximate surface area is 141 Å². The van der Waals surface area contributed by atoms with Gasteiger partial charge >= 0.3 is 119 Å². The van der Waals surface area contributed by atoms with Crippen LogP contribution in [-0.4, -0.2) is 63.8 Å². The van der Waals surface area contributed by atoms with Gasteiger partial charge < -0.3 is 4.90 Å². The van der Waals surface area contributed by atoms with E-state index in [-0.39, 0.29) is 119 Å². The molecule has 0 aliphatic rings. The Bertz CT molecular complexity index is 19.7. The summed E-state index contributed by atoms with van der Waals surface area (Å²) in [5, 5.41) is 0. The van der Waals surface area contributed by atoms with Gasteiger partial charge in [-0.15, -0.1) is 0 Å². The minimum atomic E-state index is 0. The predicted octanol–water partition coefficient (Wildman–Crippen LogP) is -6.19. The van der Waals surface area contributed by atoms with Crippen molar-refractivity contribution in [3.8, 4) is 0 Å². The summed E-state index contributed by atoms with van der Waals surface area (Å²) >= 11 is 0. The summed E-state index contributed by atoms with van der Waals surface area (Å²) in [6.45, 7) is 0. The van der Waals surface area contributed by atoms with Crippen LogP contribution in [0.3, 0.4) is 0 Å². The monoisotopic (exact) mass is 161 g/mol. The van der Waals surface area contributed by atoms with Gasteiger partial charge in [-0.05, 0) is 21.1 Å². The fourth-order valence-corrected chi connectivity index (χ4v) is 0. The van der Waals surface area contributed by atoms with E-state index in [0.717, 1.165) is 0 Å². The predicted molar refractivity (Wildman–Crippen MR) is 25.4 cm³/mol. The fraction of sp³-hybridized carbons (Fsp3) is 1.00. The van der Waals surface area contributed by atoms with Gasteiger partial charge in [-0.25, -0.2) is 0 Å². The first-order valence-electron chi connectivity index (χ1n) is 1.34. The largest absolute Gasteiger partial charge is 2.00 e. The van der Waals surface area contributed by atoms with Gasteiger partial charge in [0.05, 0.1) is 0 Å². The maximum absolute atomic E-state index is 2.00. The zero-order valence-corrected chi connectivity index (χ0v) is 13.5. The van der Waals surface area contributed by atoms with Gasteiger partial charge in [-0.2, -0.15) is 0 Å². The molecule has 0 aromatic rings. The van der Waals surface area contributed by atoms with E-state index in [1.54, 1.807) is 0 Å². The molecule has 0 saturated carbocycles. The first kappa shape index (κ1) is 22.4. The summed E-state index contributed by atoms with van der Waals surface area (Å²) in [6.07, 6.45) is 0. The fourth-order valence-electron chi connectivity index (χ4n) is 0. The third-order valence-corrected chi connectivity index (χ3v) is 0. The molecule has 0 spiro atoms. The van der Waals surface area contributed by atoms with Crippen molar-refractivity contribution in [2.24, 2.45) is 0 Å². The van der Waals surface area contributed by atoms with Crippen LogP contribution in [-0.2, 0) is 0 Å². The molecule has 0 aromatic heterocycles. The standard InChI is InChI=1S/C3H9N.Ca.K.Na/c1-4(2)3;;;/h1-3H3;;;/q;+2;2*+1. The van der Waals surface area contributed by atoms with Crippen LogP contribution in [0.25, 0.3) is 0 Å². The maximum atomic E-state index is 2.00. The van der Waals surface area contributed by atoms with Gasteiger partial charge in [0.15, 0.2) is 0 Å². The molecular formula is C3H9CaKNNa+4. The first-order chi connectivity index (χ1) is 1.73. The quantitative estimate of drug-likeness (QED) is 0.320. The third-order valence-electron chi connectivity index (χ3n) is 0. The van der Waals surface area contributed by atoms with Crippen LogP contribution < -0.4 is 80.9 Å². The van der Waals surface area contributed by atoms with Crippen molar-refractivity contribution in [1.82, 2.24) is 4.90 Å². The summed E-state index contributed by atoms with van der Waals surface area (Å²) in [5.74, 6) is 0. The molecule has 0 aliphatic heterocycles. The molecule has 4 heteroatoms. The van der Waals surface area contributed by atoms with E-state index in [4.69, 9.17) is 0 Å².